The fourth-order valence-electron chi connectivity index (χ4n) is 1.72. The summed E-state index contributed by atoms with van der Waals surface area (Å²) in [5.41, 5.74) is 5.66. The van der Waals surface area contributed by atoms with E-state index in [1.165, 1.54) is 0 Å². The number of nitrogens with two attached hydrogens (primary N) is 1. The summed E-state index contributed by atoms with van der Waals surface area (Å²) in [6.45, 7) is 4.10. The van der Waals surface area contributed by atoms with E-state index in [1.807, 2.05) is 36.7 Å². The van der Waals surface area contributed by atoms with Crippen LogP contribution in [0, 0.1) is 0 Å². The monoisotopic (exact) mass is 243 g/mol. The molecule has 0 saturated heterocycles. The smallest absolute Gasteiger partial charge is 0.237 e. The van der Waals surface area contributed by atoms with Crippen LogP contribution in [0.15, 0.2) is 36.7 Å². The molecule has 94 valence electrons. The highest BCUT2D eigenvalue weighted by molar-refractivity contribution is 5.85. The number of carbonyl (C=O) groups excluding carboxylic acids is 1. The molecule has 0 aliphatic heterocycles. The lowest BCUT2D eigenvalue weighted by Crippen LogP contribution is -2.50. The number of pyridine rings is 1. The van der Waals surface area contributed by atoms with Crippen molar-refractivity contribution in [1.82, 2.24) is 10.3 Å². The summed E-state index contributed by atoms with van der Waals surface area (Å²) in [4.78, 5) is 15.5. The molecule has 1 heterocycles. The van der Waals surface area contributed by atoms with Crippen molar-refractivity contribution in [3.63, 3.8) is 0 Å². The third-order valence-electron chi connectivity index (χ3n) is 3.09. The average molecular weight is 243 g/mol. The van der Waals surface area contributed by atoms with E-state index in [2.05, 4.69) is 10.3 Å². The molecule has 0 aliphatic rings. The number of nitrogens with one attached hydrogen (secondary N) is 1. The van der Waals surface area contributed by atoms with Gasteiger partial charge in [-0.05, 0) is 24.8 Å². The summed E-state index contributed by atoms with van der Waals surface area (Å²) >= 11 is 0. The van der Waals surface area contributed by atoms with Gasteiger partial charge < -0.3 is 5.73 Å². The van der Waals surface area contributed by atoms with E-state index in [9.17, 15) is 4.79 Å². The molecule has 0 unspecified atom stereocenters. The lowest BCUT2D eigenvalue weighted by atomic mass is 10.0. The average Bonchev–Trinajstić information content (AvgIpc) is 2.36. The second kappa shape index (κ2) is 4.74. The van der Waals surface area contributed by atoms with Crippen molar-refractivity contribution in [2.75, 3.05) is 0 Å². The first kappa shape index (κ1) is 12.5. The maximum absolute atomic E-state index is 11.2. The molecule has 1 aromatic carbocycles. The summed E-state index contributed by atoms with van der Waals surface area (Å²) in [5, 5.41) is 5.38. The first-order valence-electron chi connectivity index (χ1n) is 5.87. The van der Waals surface area contributed by atoms with Crippen LogP contribution >= 0.6 is 0 Å². The number of nitrogens with zero attached hydrogens (tertiary/aromatic N) is 1. The van der Waals surface area contributed by atoms with E-state index in [1.54, 1.807) is 13.8 Å². The van der Waals surface area contributed by atoms with Gasteiger partial charge in [-0.1, -0.05) is 24.3 Å². The zero-order valence-corrected chi connectivity index (χ0v) is 10.6. The lowest BCUT2D eigenvalue weighted by Gasteiger charge is -2.22. The topological polar surface area (TPSA) is 68.0 Å². The Bertz CT molecular complexity index is 573. The second-order valence-electron chi connectivity index (χ2n) is 4.86. The van der Waals surface area contributed by atoms with Crippen molar-refractivity contribution in [3.05, 3.63) is 42.2 Å². The molecule has 18 heavy (non-hydrogen) atoms. The molecule has 0 aliphatic carbocycles. The van der Waals surface area contributed by atoms with Gasteiger partial charge in [-0.2, -0.15) is 0 Å². The van der Waals surface area contributed by atoms with E-state index >= 15 is 0 Å². The summed E-state index contributed by atoms with van der Waals surface area (Å²) in [5.74, 6) is -0.365. The molecular weight excluding hydrogens is 226 g/mol. The number of primary amides is 1. The maximum atomic E-state index is 11.2. The van der Waals surface area contributed by atoms with Gasteiger partial charge in [0.1, 0.15) is 0 Å². The number of amides is 1. The summed E-state index contributed by atoms with van der Waals surface area (Å²) in [7, 11) is 0. The van der Waals surface area contributed by atoms with Crippen LogP contribution in [0.3, 0.4) is 0 Å². The molecule has 1 aromatic heterocycles. The summed E-state index contributed by atoms with van der Waals surface area (Å²) < 4.78 is 0. The number of hydrogen-bond acceptors (Lipinski definition) is 3. The van der Waals surface area contributed by atoms with E-state index in [4.69, 9.17) is 5.73 Å². The molecule has 0 atom stereocenters. The molecule has 4 nitrogen and oxygen atoms in total. The Hall–Kier alpha value is -1.94. The van der Waals surface area contributed by atoms with Crippen LogP contribution in [-0.2, 0) is 11.3 Å². The van der Waals surface area contributed by atoms with Crippen LogP contribution in [0.5, 0.6) is 0 Å². The Kier molecular flexibility index (Phi) is 3.30. The van der Waals surface area contributed by atoms with Crippen molar-refractivity contribution in [2.24, 2.45) is 5.73 Å². The van der Waals surface area contributed by atoms with Gasteiger partial charge in [0.2, 0.25) is 5.91 Å². The minimum absolute atomic E-state index is 0.365. The van der Waals surface area contributed by atoms with Crippen LogP contribution in [0.4, 0.5) is 0 Å². The molecule has 0 saturated carbocycles. The zero-order chi connectivity index (χ0) is 13.2. The minimum Gasteiger partial charge on any atom is -0.368 e. The third kappa shape index (κ3) is 2.49. The molecule has 0 radical (unpaired) electrons. The van der Waals surface area contributed by atoms with Crippen LogP contribution < -0.4 is 11.1 Å². The second-order valence-corrected chi connectivity index (χ2v) is 4.86. The molecule has 0 fully saturated rings. The SMILES string of the molecule is CC(C)(NCc1cncc2ccccc12)C(N)=O. The minimum atomic E-state index is -0.725. The van der Waals surface area contributed by atoms with Crippen LogP contribution in [0.25, 0.3) is 10.8 Å². The van der Waals surface area contributed by atoms with Crippen LogP contribution in [0.1, 0.15) is 19.4 Å². The van der Waals surface area contributed by atoms with E-state index in [0.717, 1.165) is 16.3 Å². The zero-order valence-electron chi connectivity index (χ0n) is 10.6. The van der Waals surface area contributed by atoms with Gasteiger partial charge in [0, 0.05) is 24.3 Å². The van der Waals surface area contributed by atoms with Crippen molar-refractivity contribution < 1.29 is 4.79 Å². The first-order chi connectivity index (χ1) is 8.50. The molecular formula is C14H17N3O. The lowest BCUT2D eigenvalue weighted by molar-refractivity contribution is -0.123. The molecule has 0 bridgehead atoms. The van der Waals surface area contributed by atoms with E-state index in [0.29, 0.717) is 6.54 Å². The van der Waals surface area contributed by atoms with E-state index in [-0.39, 0.29) is 5.91 Å². The van der Waals surface area contributed by atoms with Crippen molar-refractivity contribution in [2.45, 2.75) is 25.9 Å². The van der Waals surface area contributed by atoms with Gasteiger partial charge in [-0.15, -0.1) is 0 Å². The largest absolute Gasteiger partial charge is 0.368 e. The van der Waals surface area contributed by atoms with Gasteiger partial charge in [0.15, 0.2) is 0 Å². The Morgan fingerprint density at radius 3 is 2.78 bits per heavy atom. The maximum Gasteiger partial charge on any atom is 0.237 e. The van der Waals surface area contributed by atoms with Crippen LogP contribution in [0.2, 0.25) is 0 Å². The highest BCUT2D eigenvalue weighted by atomic mass is 16.1. The van der Waals surface area contributed by atoms with Crippen molar-refractivity contribution in [1.29, 1.82) is 0 Å². The molecule has 2 rings (SSSR count). The van der Waals surface area contributed by atoms with Gasteiger partial charge in [0.05, 0.1) is 5.54 Å². The summed E-state index contributed by atoms with van der Waals surface area (Å²) in [6, 6.07) is 8.04. The Morgan fingerprint density at radius 2 is 2.06 bits per heavy atom. The predicted octanol–water partition coefficient (Wildman–Crippen LogP) is 1.59. The first-order valence-corrected chi connectivity index (χ1v) is 5.87. The van der Waals surface area contributed by atoms with Gasteiger partial charge >= 0.3 is 0 Å². The number of benzene rings is 1. The Balaban J connectivity index is 2.25. The van der Waals surface area contributed by atoms with E-state index < -0.39 is 5.54 Å². The molecule has 0 spiro atoms. The molecule has 4 heteroatoms. The normalized spacial score (nSPS) is 11.7. The highest BCUT2D eigenvalue weighted by Gasteiger charge is 2.23. The fourth-order valence-corrected chi connectivity index (χ4v) is 1.72. The van der Waals surface area contributed by atoms with Gasteiger partial charge in [0.25, 0.3) is 0 Å². The van der Waals surface area contributed by atoms with Gasteiger partial charge in [-0.3, -0.25) is 15.1 Å². The van der Waals surface area contributed by atoms with Crippen LogP contribution in [-0.4, -0.2) is 16.4 Å². The number of hydrogen-bond donors (Lipinski definition) is 2. The van der Waals surface area contributed by atoms with Gasteiger partial charge in [-0.25, -0.2) is 0 Å². The molecule has 2 aromatic rings. The van der Waals surface area contributed by atoms with Crippen molar-refractivity contribution >= 4 is 16.7 Å². The standard InChI is InChI=1S/C14H17N3O/c1-14(2,13(15)18)17-9-11-8-16-7-10-5-3-4-6-12(10)11/h3-8,17H,9H2,1-2H3,(H2,15,18). The number of carbonyl (C=O) groups is 1. The molecule has 1 amide bonds. The Morgan fingerprint density at radius 1 is 1.33 bits per heavy atom. The molecule has 3 N–H and O–H groups in total. The Labute approximate surface area is 106 Å². The van der Waals surface area contributed by atoms with Crippen molar-refractivity contribution in [3.8, 4) is 0 Å². The quantitative estimate of drug-likeness (QED) is 0.856. The third-order valence-corrected chi connectivity index (χ3v) is 3.09. The number of rotatable bonds is 4. The summed E-state index contributed by atoms with van der Waals surface area (Å²) in [6.07, 6.45) is 3.64. The number of aromatic nitrogens is 1. The highest BCUT2D eigenvalue weighted by Crippen LogP contribution is 2.17. The fraction of sp³-hybridized carbons (Fsp3) is 0.286. The number of fused-ring (bicyclic) bond motifs is 1. The predicted molar refractivity (Wildman–Crippen MR) is 71.9 cm³/mol.